The lowest BCUT2D eigenvalue weighted by molar-refractivity contribution is 0.489. The fourth-order valence-corrected chi connectivity index (χ4v) is 3.08. The van der Waals surface area contributed by atoms with Gasteiger partial charge in [-0.05, 0) is 43.9 Å². The van der Waals surface area contributed by atoms with Crippen LogP contribution in [0.1, 0.15) is 45.7 Å². The molecule has 2 rings (SSSR count). The van der Waals surface area contributed by atoms with Gasteiger partial charge in [-0.25, -0.2) is 4.98 Å². The van der Waals surface area contributed by atoms with Crippen molar-refractivity contribution in [3.63, 3.8) is 0 Å². The summed E-state index contributed by atoms with van der Waals surface area (Å²) in [6, 6.07) is 4.66. The molecule has 3 nitrogen and oxygen atoms in total. The minimum Gasteiger partial charge on any atom is -0.353 e. The molecule has 1 aromatic heterocycles. The van der Waals surface area contributed by atoms with E-state index in [9.17, 15) is 0 Å². The molecule has 112 valence electrons. The molecule has 0 amide bonds. The number of hydrogen-bond acceptors (Lipinski definition) is 3. The molecule has 1 N–H and O–H groups in total. The number of pyridine rings is 1. The van der Waals surface area contributed by atoms with Crippen molar-refractivity contribution in [2.75, 3.05) is 18.0 Å². The highest BCUT2D eigenvalue weighted by molar-refractivity contribution is 6.31. The second kappa shape index (κ2) is 7.28. The fourth-order valence-electron chi connectivity index (χ4n) is 2.91. The van der Waals surface area contributed by atoms with Crippen LogP contribution in [0.2, 0.25) is 5.02 Å². The van der Waals surface area contributed by atoms with E-state index in [0.717, 1.165) is 42.6 Å². The molecule has 0 aliphatic carbocycles. The zero-order chi connectivity index (χ0) is 14.5. The second-order valence-corrected chi connectivity index (χ2v) is 6.33. The summed E-state index contributed by atoms with van der Waals surface area (Å²) >= 11 is 6.26. The number of nitrogens with one attached hydrogen (secondary N) is 1. The van der Waals surface area contributed by atoms with Crippen LogP contribution in [0.3, 0.4) is 0 Å². The Kier molecular flexibility index (Phi) is 5.67. The van der Waals surface area contributed by atoms with E-state index < -0.39 is 0 Å². The van der Waals surface area contributed by atoms with Gasteiger partial charge >= 0.3 is 0 Å². The van der Waals surface area contributed by atoms with Crippen LogP contribution in [0.4, 0.5) is 5.82 Å². The zero-order valence-corrected chi connectivity index (χ0v) is 13.6. The van der Waals surface area contributed by atoms with Crippen LogP contribution in [0, 0.1) is 5.92 Å². The second-order valence-electron chi connectivity index (χ2n) is 5.92. The quantitative estimate of drug-likeness (QED) is 0.808. The van der Waals surface area contributed by atoms with E-state index in [4.69, 9.17) is 16.6 Å². The summed E-state index contributed by atoms with van der Waals surface area (Å²) in [6.07, 6.45) is 3.65. The predicted molar refractivity (Wildman–Crippen MR) is 86.5 cm³/mol. The summed E-state index contributed by atoms with van der Waals surface area (Å²) < 4.78 is 0. The van der Waals surface area contributed by atoms with Crippen LogP contribution in [0.15, 0.2) is 12.1 Å². The average Bonchev–Trinajstić information content (AvgIpc) is 2.90. The maximum atomic E-state index is 6.26. The molecule has 1 aliphatic heterocycles. The molecule has 1 saturated heterocycles. The molecule has 2 heterocycles. The van der Waals surface area contributed by atoms with Gasteiger partial charge in [-0.15, -0.1) is 0 Å². The Bertz CT molecular complexity index is 434. The Balaban J connectivity index is 2.13. The normalized spacial score (nSPS) is 19.1. The summed E-state index contributed by atoms with van der Waals surface area (Å²) in [5.74, 6) is 1.75. The summed E-state index contributed by atoms with van der Waals surface area (Å²) in [4.78, 5) is 7.24. The van der Waals surface area contributed by atoms with Crippen LogP contribution in [0.25, 0.3) is 0 Å². The van der Waals surface area contributed by atoms with Gasteiger partial charge in [0.15, 0.2) is 0 Å². The number of aromatic nitrogens is 1. The molecule has 0 saturated carbocycles. The summed E-state index contributed by atoms with van der Waals surface area (Å²) in [5.41, 5.74) is 0.965. The van der Waals surface area contributed by atoms with E-state index >= 15 is 0 Å². The molecular weight excluding hydrogens is 270 g/mol. The SMILES string of the molecule is CCCNCc1nc(N2CCCC2C(C)C)ccc1Cl. The van der Waals surface area contributed by atoms with Crippen LogP contribution in [-0.2, 0) is 6.54 Å². The Morgan fingerprint density at radius 2 is 2.25 bits per heavy atom. The van der Waals surface area contributed by atoms with Gasteiger partial charge < -0.3 is 10.2 Å². The van der Waals surface area contributed by atoms with Crippen molar-refractivity contribution in [3.8, 4) is 0 Å². The molecule has 0 radical (unpaired) electrons. The molecule has 1 aliphatic rings. The lowest BCUT2D eigenvalue weighted by atomic mass is 10.0. The van der Waals surface area contributed by atoms with Crippen LogP contribution >= 0.6 is 11.6 Å². The summed E-state index contributed by atoms with van der Waals surface area (Å²) in [6.45, 7) is 9.61. The van der Waals surface area contributed by atoms with E-state index in [0.29, 0.717) is 12.0 Å². The zero-order valence-electron chi connectivity index (χ0n) is 12.8. The van der Waals surface area contributed by atoms with Gasteiger partial charge in [-0.1, -0.05) is 32.4 Å². The number of nitrogens with zero attached hydrogens (tertiary/aromatic N) is 2. The molecular formula is C16H26ClN3. The summed E-state index contributed by atoms with van der Waals surface area (Å²) in [7, 11) is 0. The number of rotatable bonds is 6. The Morgan fingerprint density at radius 3 is 2.95 bits per heavy atom. The van der Waals surface area contributed by atoms with Crippen molar-refractivity contribution in [2.24, 2.45) is 5.92 Å². The van der Waals surface area contributed by atoms with Gasteiger partial charge in [0.25, 0.3) is 0 Å². The highest BCUT2D eigenvalue weighted by Crippen LogP contribution is 2.29. The Labute approximate surface area is 127 Å². The van der Waals surface area contributed by atoms with Gasteiger partial charge in [-0.3, -0.25) is 0 Å². The van der Waals surface area contributed by atoms with Crippen molar-refractivity contribution in [1.82, 2.24) is 10.3 Å². The minimum absolute atomic E-state index is 0.611. The Hall–Kier alpha value is -0.800. The highest BCUT2D eigenvalue weighted by Gasteiger charge is 2.28. The van der Waals surface area contributed by atoms with Gasteiger partial charge in [0, 0.05) is 19.1 Å². The first kappa shape index (κ1) is 15.6. The molecule has 0 spiro atoms. The average molecular weight is 296 g/mol. The van der Waals surface area contributed by atoms with Crippen molar-refractivity contribution < 1.29 is 0 Å². The molecule has 1 unspecified atom stereocenters. The Morgan fingerprint density at radius 1 is 1.45 bits per heavy atom. The number of hydrogen-bond donors (Lipinski definition) is 1. The molecule has 0 aromatic carbocycles. The maximum Gasteiger partial charge on any atom is 0.129 e. The van der Waals surface area contributed by atoms with Crippen molar-refractivity contribution in [3.05, 3.63) is 22.8 Å². The topological polar surface area (TPSA) is 28.2 Å². The van der Waals surface area contributed by atoms with E-state index in [1.54, 1.807) is 0 Å². The maximum absolute atomic E-state index is 6.26. The lowest BCUT2D eigenvalue weighted by Gasteiger charge is -2.29. The van der Waals surface area contributed by atoms with Gasteiger partial charge in [-0.2, -0.15) is 0 Å². The third-order valence-corrected chi connectivity index (χ3v) is 4.33. The molecule has 1 atom stereocenters. The van der Waals surface area contributed by atoms with Gasteiger partial charge in [0.2, 0.25) is 0 Å². The largest absolute Gasteiger partial charge is 0.353 e. The van der Waals surface area contributed by atoms with Crippen molar-refractivity contribution in [1.29, 1.82) is 0 Å². The van der Waals surface area contributed by atoms with Gasteiger partial charge in [0.1, 0.15) is 5.82 Å². The van der Waals surface area contributed by atoms with Crippen LogP contribution < -0.4 is 10.2 Å². The van der Waals surface area contributed by atoms with E-state index in [-0.39, 0.29) is 0 Å². The fraction of sp³-hybridized carbons (Fsp3) is 0.688. The third-order valence-electron chi connectivity index (χ3n) is 3.99. The summed E-state index contributed by atoms with van der Waals surface area (Å²) in [5, 5.41) is 4.14. The molecule has 1 aromatic rings. The smallest absolute Gasteiger partial charge is 0.129 e. The number of halogens is 1. The van der Waals surface area contributed by atoms with Crippen molar-refractivity contribution in [2.45, 2.75) is 52.6 Å². The first-order chi connectivity index (χ1) is 9.63. The van der Waals surface area contributed by atoms with Crippen LogP contribution in [-0.4, -0.2) is 24.1 Å². The van der Waals surface area contributed by atoms with Crippen molar-refractivity contribution >= 4 is 17.4 Å². The lowest BCUT2D eigenvalue weighted by Crippen LogP contribution is -2.34. The number of anilines is 1. The van der Waals surface area contributed by atoms with E-state index in [1.165, 1.54) is 12.8 Å². The van der Waals surface area contributed by atoms with Gasteiger partial charge in [0.05, 0.1) is 10.7 Å². The monoisotopic (exact) mass is 295 g/mol. The van der Waals surface area contributed by atoms with E-state index in [1.807, 2.05) is 6.07 Å². The molecule has 1 fully saturated rings. The molecule has 0 bridgehead atoms. The first-order valence-electron chi connectivity index (χ1n) is 7.76. The van der Waals surface area contributed by atoms with Crippen LogP contribution in [0.5, 0.6) is 0 Å². The first-order valence-corrected chi connectivity index (χ1v) is 8.14. The third kappa shape index (κ3) is 3.64. The predicted octanol–water partition coefficient (Wildman–Crippen LogP) is 3.86. The van der Waals surface area contributed by atoms with E-state index in [2.05, 4.69) is 37.1 Å². The standard InChI is InChI=1S/C16H26ClN3/c1-4-9-18-11-14-13(17)7-8-16(19-14)20-10-5-6-15(20)12(2)3/h7-8,12,15,18H,4-6,9-11H2,1-3H3. The highest BCUT2D eigenvalue weighted by atomic mass is 35.5. The minimum atomic E-state index is 0.611. The molecule has 4 heteroatoms. The molecule has 20 heavy (non-hydrogen) atoms.